The molecule has 1 aliphatic carbocycles. The first-order valence-corrected chi connectivity index (χ1v) is 8.89. The molecule has 4 nitrogen and oxygen atoms in total. The Hall–Kier alpha value is -0.390. The highest BCUT2D eigenvalue weighted by molar-refractivity contribution is 9.10. The molecule has 1 aromatic rings. The molecule has 1 fully saturated rings. The van der Waals surface area contributed by atoms with E-state index in [-0.39, 0.29) is 11.6 Å². The molecule has 1 heterocycles. The zero-order chi connectivity index (χ0) is 15.5. The molecule has 0 amide bonds. The van der Waals surface area contributed by atoms with Gasteiger partial charge in [0.05, 0.1) is 28.0 Å². The van der Waals surface area contributed by atoms with E-state index >= 15 is 0 Å². The van der Waals surface area contributed by atoms with E-state index in [2.05, 4.69) is 51.8 Å². The van der Waals surface area contributed by atoms with Crippen molar-refractivity contribution in [1.82, 2.24) is 15.1 Å². The van der Waals surface area contributed by atoms with Crippen molar-refractivity contribution in [1.29, 1.82) is 0 Å². The molecule has 1 aliphatic rings. The summed E-state index contributed by atoms with van der Waals surface area (Å²) >= 11 is 3.69. The van der Waals surface area contributed by atoms with Gasteiger partial charge in [-0.1, -0.05) is 19.3 Å². The maximum atomic E-state index is 6.31. The minimum Gasteiger partial charge on any atom is -0.373 e. The van der Waals surface area contributed by atoms with Crippen LogP contribution in [0.5, 0.6) is 0 Å². The molecule has 0 spiro atoms. The highest BCUT2D eigenvalue weighted by Crippen LogP contribution is 2.43. The molecule has 0 aliphatic heterocycles. The van der Waals surface area contributed by atoms with Crippen LogP contribution in [0.2, 0.25) is 0 Å². The summed E-state index contributed by atoms with van der Waals surface area (Å²) in [6.07, 6.45) is 7.93. The molecular formula is C16H28BrN3O. The summed E-state index contributed by atoms with van der Waals surface area (Å²) in [7, 11) is 2.03. The molecule has 1 N–H and O–H groups in total. The fourth-order valence-electron chi connectivity index (χ4n) is 3.64. The van der Waals surface area contributed by atoms with E-state index < -0.39 is 0 Å². The fourth-order valence-corrected chi connectivity index (χ4v) is 4.14. The van der Waals surface area contributed by atoms with Gasteiger partial charge in [-0.2, -0.15) is 5.10 Å². The normalized spacial score (nSPS) is 19.9. The van der Waals surface area contributed by atoms with Crippen molar-refractivity contribution in [2.24, 2.45) is 0 Å². The lowest BCUT2D eigenvalue weighted by atomic mass is 9.77. The van der Waals surface area contributed by atoms with Crippen LogP contribution in [0.25, 0.3) is 0 Å². The Balaban J connectivity index is 2.43. The lowest BCUT2D eigenvalue weighted by Crippen LogP contribution is -2.47. The van der Waals surface area contributed by atoms with Crippen molar-refractivity contribution >= 4 is 15.9 Å². The van der Waals surface area contributed by atoms with Crippen molar-refractivity contribution in [3.8, 4) is 0 Å². The van der Waals surface area contributed by atoms with E-state index in [1.165, 1.54) is 25.0 Å². The third-order valence-corrected chi connectivity index (χ3v) is 5.11. The van der Waals surface area contributed by atoms with Gasteiger partial charge in [0, 0.05) is 12.6 Å². The second-order valence-electron chi connectivity index (χ2n) is 6.20. The number of nitrogens with one attached hydrogen (secondary N) is 1. The molecule has 5 heteroatoms. The Morgan fingerprint density at radius 3 is 2.57 bits per heavy atom. The molecule has 1 saturated carbocycles. The fraction of sp³-hybridized carbons (Fsp3) is 0.812. The first-order valence-electron chi connectivity index (χ1n) is 8.10. The maximum Gasteiger partial charge on any atom is 0.0891 e. The van der Waals surface area contributed by atoms with Gasteiger partial charge in [0.2, 0.25) is 0 Å². The SMILES string of the molecule is CCOC1(C(NC)c2c(Br)cnn2C(C)C)CCCCC1. The second-order valence-corrected chi connectivity index (χ2v) is 7.05. The van der Waals surface area contributed by atoms with Gasteiger partial charge < -0.3 is 10.1 Å². The van der Waals surface area contributed by atoms with Gasteiger partial charge in [0.1, 0.15) is 0 Å². The van der Waals surface area contributed by atoms with Gasteiger partial charge in [0.15, 0.2) is 0 Å². The molecule has 0 radical (unpaired) electrons. The van der Waals surface area contributed by atoms with Crippen LogP contribution < -0.4 is 5.32 Å². The number of hydrogen-bond acceptors (Lipinski definition) is 3. The van der Waals surface area contributed by atoms with Gasteiger partial charge >= 0.3 is 0 Å². The standard InChI is InChI=1S/C16H28BrN3O/c1-5-21-16(9-7-6-8-10-16)15(18-4)14-13(17)11-19-20(14)12(2)3/h11-12,15,18H,5-10H2,1-4H3. The molecule has 0 bridgehead atoms. The molecule has 2 rings (SSSR count). The predicted molar refractivity (Wildman–Crippen MR) is 89.6 cm³/mol. The Morgan fingerprint density at radius 2 is 2.05 bits per heavy atom. The maximum absolute atomic E-state index is 6.31. The van der Waals surface area contributed by atoms with Gasteiger partial charge in [-0.3, -0.25) is 4.68 Å². The molecule has 1 atom stereocenters. The monoisotopic (exact) mass is 357 g/mol. The number of nitrogens with zero attached hydrogens (tertiary/aromatic N) is 2. The van der Waals surface area contributed by atoms with Crippen LogP contribution in [0.3, 0.4) is 0 Å². The van der Waals surface area contributed by atoms with Crippen molar-refractivity contribution in [2.75, 3.05) is 13.7 Å². The lowest BCUT2D eigenvalue weighted by molar-refractivity contribution is -0.0917. The topological polar surface area (TPSA) is 39.1 Å². The smallest absolute Gasteiger partial charge is 0.0891 e. The summed E-state index contributed by atoms with van der Waals surface area (Å²) in [4.78, 5) is 0. The summed E-state index contributed by atoms with van der Waals surface area (Å²) in [6.45, 7) is 7.19. The second kappa shape index (κ2) is 7.25. The van der Waals surface area contributed by atoms with Crippen LogP contribution in [0.15, 0.2) is 10.7 Å². The van der Waals surface area contributed by atoms with Crippen molar-refractivity contribution in [3.63, 3.8) is 0 Å². The van der Waals surface area contributed by atoms with Crippen LogP contribution in [-0.4, -0.2) is 29.0 Å². The van der Waals surface area contributed by atoms with Crippen LogP contribution in [0.4, 0.5) is 0 Å². The van der Waals surface area contributed by atoms with Crippen molar-refractivity contribution < 1.29 is 4.74 Å². The van der Waals surface area contributed by atoms with E-state index in [9.17, 15) is 0 Å². The summed E-state index contributed by atoms with van der Waals surface area (Å²) in [5, 5.41) is 8.06. The number of likely N-dealkylation sites (N-methyl/N-ethyl adjacent to an activating group) is 1. The Kier molecular flexibility index (Phi) is 5.86. The molecule has 21 heavy (non-hydrogen) atoms. The number of hydrogen-bond donors (Lipinski definition) is 1. The van der Waals surface area contributed by atoms with E-state index in [0.29, 0.717) is 6.04 Å². The minimum atomic E-state index is -0.114. The molecule has 0 aromatic carbocycles. The van der Waals surface area contributed by atoms with Crippen LogP contribution in [-0.2, 0) is 4.74 Å². The zero-order valence-corrected chi connectivity index (χ0v) is 15.2. The summed E-state index contributed by atoms with van der Waals surface area (Å²) in [6, 6.07) is 0.501. The largest absolute Gasteiger partial charge is 0.373 e. The first kappa shape index (κ1) is 17.0. The highest BCUT2D eigenvalue weighted by Gasteiger charge is 2.43. The summed E-state index contributed by atoms with van der Waals surface area (Å²) in [5.74, 6) is 0. The van der Waals surface area contributed by atoms with Crippen LogP contribution >= 0.6 is 15.9 Å². The van der Waals surface area contributed by atoms with Crippen LogP contribution in [0, 0.1) is 0 Å². The van der Waals surface area contributed by atoms with E-state index in [4.69, 9.17) is 4.74 Å². The Bertz CT molecular complexity index is 447. The third-order valence-electron chi connectivity index (χ3n) is 4.50. The molecule has 1 unspecified atom stereocenters. The number of aromatic nitrogens is 2. The van der Waals surface area contributed by atoms with Gasteiger partial charge in [0.25, 0.3) is 0 Å². The first-order chi connectivity index (χ1) is 10.1. The number of halogens is 1. The third kappa shape index (κ3) is 3.35. The van der Waals surface area contributed by atoms with E-state index in [1.54, 1.807) is 0 Å². The number of ether oxygens (including phenoxy) is 1. The predicted octanol–water partition coefficient (Wildman–Crippen LogP) is 4.23. The summed E-state index contributed by atoms with van der Waals surface area (Å²) < 4.78 is 9.49. The van der Waals surface area contributed by atoms with Gasteiger partial charge in [-0.25, -0.2) is 0 Å². The van der Waals surface area contributed by atoms with Crippen molar-refractivity contribution in [2.45, 2.75) is 70.6 Å². The van der Waals surface area contributed by atoms with Gasteiger partial charge in [-0.15, -0.1) is 0 Å². The highest BCUT2D eigenvalue weighted by atomic mass is 79.9. The van der Waals surface area contributed by atoms with Gasteiger partial charge in [-0.05, 0) is 56.6 Å². The quantitative estimate of drug-likeness (QED) is 0.827. The zero-order valence-electron chi connectivity index (χ0n) is 13.7. The van der Waals surface area contributed by atoms with Crippen LogP contribution in [0.1, 0.15) is 70.7 Å². The number of rotatable bonds is 6. The molecular weight excluding hydrogens is 330 g/mol. The average Bonchev–Trinajstić information content (AvgIpc) is 2.83. The Labute approximate surface area is 136 Å². The molecule has 1 aromatic heterocycles. The molecule has 0 saturated heterocycles. The van der Waals surface area contributed by atoms with E-state index in [1.807, 2.05) is 13.2 Å². The van der Waals surface area contributed by atoms with E-state index in [0.717, 1.165) is 23.9 Å². The molecule has 120 valence electrons. The average molecular weight is 358 g/mol. The lowest BCUT2D eigenvalue weighted by Gasteiger charge is -2.43. The van der Waals surface area contributed by atoms with Crippen molar-refractivity contribution in [3.05, 3.63) is 16.4 Å². The minimum absolute atomic E-state index is 0.114. The Morgan fingerprint density at radius 1 is 1.38 bits per heavy atom. The summed E-state index contributed by atoms with van der Waals surface area (Å²) in [5.41, 5.74) is 1.10.